The topological polar surface area (TPSA) is 192 Å². The standard InChI is InChI=1S/C33H49N3O6.C31H51N3O6/c1-22(2)12-13-26-32(5,42-26)29-28(39-6)25(14-15-33(29)21-40-33)41-31(38)34-27(23(3)4)30(37)36-18-16-35(17-19-36)20-24-10-8-7-9-11-24;1-20(2)9-10-24-30(5,40-24)27-26(37-6)23(11-14-31(27)19-38-31)39-29(36)32-25(21(3)4)28(35)34-17-12-22(13-18-34)33-15-7-8-16-33/h7-12,23,25-29H,13-21H2,1-6H3,(H,34,38);9,21-27H,7-8,10-19H2,1-6H3,(H,32,36)/t25-,26-,27-,28-,29-,32+,33+;23-,24-,25-,26-,27-,30+,31+/m11/s1. The van der Waals surface area contributed by atoms with E-state index in [1.165, 1.54) is 42.6 Å². The van der Waals surface area contributed by atoms with E-state index >= 15 is 0 Å². The van der Waals surface area contributed by atoms with E-state index in [-0.39, 0.29) is 76.7 Å². The minimum Gasteiger partial charge on any atom is -0.443 e. The Morgan fingerprint density at radius 3 is 1.44 bits per heavy atom. The molecule has 82 heavy (non-hydrogen) atoms. The van der Waals surface area contributed by atoms with E-state index in [0.717, 1.165) is 71.2 Å². The Morgan fingerprint density at radius 1 is 0.622 bits per heavy atom. The summed E-state index contributed by atoms with van der Waals surface area (Å²) in [5.74, 6) is -0.285. The Labute approximate surface area is 489 Å². The van der Waals surface area contributed by atoms with Gasteiger partial charge in [-0.05, 0) is 136 Å². The van der Waals surface area contributed by atoms with E-state index in [4.69, 9.17) is 37.9 Å². The Bertz CT molecular complexity index is 2400. The molecule has 9 fully saturated rings. The lowest BCUT2D eigenvalue weighted by Gasteiger charge is -2.43. The highest BCUT2D eigenvalue weighted by atomic mass is 16.6. The van der Waals surface area contributed by atoms with Crippen LogP contribution < -0.4 is 10.6 Å². The fraction of sp³-hybridized carbons (Fsp3) is 0.781. The van der Waals surface area contributed by atoms with Crippen molar-refractivity contribution in [2.24, 2.45) is 23.7 Å². The zero-order valence-electron chi connectivity index (χ0n) is 51.6. The van der Waals surface area contributed by atoms with Crippen LogP contribution in [0.3, 0.4) is 0 Å². The maximum absolute atomic E-state index is 13.6. The largest absolute Gasteiger partial charge is 0.443 e. The second-order valence-electron chi connectivity index (χ2n) is 26.8. The molecule has 0 radical (unpaired) electrons. The van der Waals surface area contributed by atoms with Gasteiger partial charge in [-0.15, -0.1) is 0 Å². The molecule has 1 aromatic carbocycles. The van der Waals surface area contributed by atoms with Gasteiger partial charge in [0.1, 0.15) is 58.9 Å². The van der Waals surface area contributed by atoms with Gasteiger partial charge in [-0.1, -0.05) is 81.3 Å². The number of piperazine rings is 1. The van der Waals surface area contributed by atoms with Crippen LogP contribution >= 0.6 is 0 Å². The van der Waals surface area contributed by atoms with Gasteiger partial charge in [0.05, 0.1) is 37.3 Å². The van der Waals surface area contributed by atoms with Crippen LogP contribution in [0.2, 0.25) is 0 Å². The summed E-state index contributed by atoms with van der Waals surface area (Å²) in [6, 6.07) is 9.68. The molecule has 4 amide bonds. The molecule has 2 saturated carbocycles. The quantitative estimate of drug-likeness (QED) is 0.0999. The fourth-order valence-corrected chi connectivity index (χ4v) is 14.7. The number of methoxy groups -OCH3 is 2. The lowest BCUT2D eigenvalue weighted by molar-refractivity contribution is -0.137. The molecule has 458 valence electrons. The first-order valence-corrected chi connectivity index (χ1v) is 31.1. The number of amides is 4. The lowest BCUT2D eigenvalue weighted by Crippen LogP contribution is -2.58. The second-order valence-corrected chi connectivity index (χ2v) is 26.8. The monoisotopic (exact) mass is 1140 g/mol. The van der Waals surface area contributed by atoms with Gasteiger partial charge in [0.2, 0.25) is 11.8 Å². The first-order chi connectivity index (χ1) is 39.1. The third-order valence-corrected chi connectivity index (χ3v) is 19.8. The number of hydrogen-bond donors (Lipinski definition) is 2. The molecule has 14 atom stereocenters. The molecule has 0 bridgehead atoms. The minimum atomic E-state index is -0.658. The summed E-state index contributed by atoms with van der Waals surface area (Å²) >= 11 is 0. The minimum absolute atomic E-state index is 0.0111. The molecule has 2 spiro atoms. The third kappa shape index (κ3) is 14.2. The number of rotatable bonds is 19. The highest BCUT2D eigenvalue weighted by Gasteiger charge is 2.73. The van der Waals surface area contributed by atoms with E-state index in [1.54, 1.807) is 14.2 Å². The van der Waals surface area contributed by atoms with Crippen molar-refractivity contribution in [3.63, 3.8) is 0 Å². The van der Waals surface area contributed by atoms with Crippen molar-refractivity contribution in [2.75, 3.05) is 79.8 Å². The number of carbonyl (C=O) groups is 4. The zero-order chi connectivity index (χ0) is 58.7. The molecule has 2 aliphatic carbocycles. The Morgan fingerprint density at radius 2 is 1.05 bits per heavy atom. The van der Waals surface area contributed by atoms with Gasteiger partial charge in [-0.3, -0.25) is 14.5 Å². The zero-order valence-corrected chi connectivity index (χ0v) is 51.6. The molecule has 18 nitrogen and oxygen atoms in total. The maximum Gasteiger partial charge on any atom is 0.408 e. The van der Waals surface area contributed by atoms with E-state index in [1.807, 2.05) is 43.6 Å². The van der Waals surface area contributed by atoms with E-state index < -0.39 is 42.1 Å². The number of allylic oxidation sites excluding steroid dienone is 2. The summed E-state index contributed by atoms with van der Waals surface area (Å²) in [5, 5.41) is 5.84. The number of nitrogens with one attached hydrogen (secondary N) is 2. The number of ether oxygens (including phenoxy) is 8. The highest BCUT2D eigenvalue weighted by Crippen LogP contribution is 2.61. The smallest absolute Gasteiger partial charge is 0.408 e. The van der Waals surface area contributed by atoms with Crippen molar-refractivity contribution in [1.82, 2.24) is 30.2 Å². The average molecular weight is 1150 g/mol. The van der Waals surface area contributed by atoms with Gasteiger partial charge in [0.15, 0.2) is 0 Å². The third-order valence-electron chi connectivity index (χ3n) is 19.8. The molecular weight excluding hydrogens is 1040 g/mol. The number of epoxide rings is 4. The summed E-state index contributed by atoms with van der Waals surface area (Å²) in [6.45, 7) is 29.4. The Kier molecular flexibility index (Phi) is 20.0. The van der Waals surface area contributed by atoms with Gasteiger partial charge >= 0.3 is 12.2 Å². The van der Waals surface area contributed by atoms with Gasteiger partial charge in [0.25, 0.3) is 0 Å². The molecule has 9 aliphatic rings. The van der Waals surface area contributed by atoms with Crippen molar-refractivity contribution in [2.45, 2.75) is 217 Å². The molecule has 7 heterocycles. The highest BCUT2D eigenvalue weighted by molar-refractivity contribution is 5.87. The summed E-state index contributed by atoms with van der Waals surface area (Å²) in [6.07, 6.45) is 11.0. The summed E-state index contributed by atoms with van der Waals surface area (Å²) in [4.78, 5) is 62.4. The first kappa shape index (κ1) is 62.4. The van der Waals surface area contributed by atoms with Crippen molar-refractivity contribution >= 4 is 24.0 Å². The normalized spacial score (nSPS) is 35.0. The molecule has 0 aromatic heterocycles. The number of carbonyl (C=O) groups excluding carboxylic acids is 4. The van der Waals surface area contributed by atoms with Gasteiger partial charge in [-0.2, -0.15) is 0 Å². The summed E-state index contributed by atoms with van der Waals surface area (Å²) in [7, 11) is 3.35. The molecule has 2 N–H and O–H groups in total. The fourth-order valence-electron chi connectivity index (χ4n) is 14.7. The first-order valence-electron chi connectivity index (χ1n) is 31.1. The molecule has 18 heteroatoms. The van der Waals surface area contributed by atoms with Crippen LogP contribution in [0, 0.1) is 23.7 Å². The number of alkyl carbamates (subject to hydrolysis) is 2. The van der Waals surface area contributed by atoms with E-state index in [0.29, 0.717) is 45.2 Å². The molecule has 1 aromatic rings. The Balaban J connectivity index is 0.000000198. The number of likely N-dealkylation sites (tertiary alicyclic amines) is 2. The van der Waals surface area contributed by atoms with Crippen molar-refractivity contribution < 1.29 is 57.1 Å². The van der Waals surface area contributed by atoms with Crippen LogP contribution in [0.25, 0.3) is 0 Å². The molecule has 7 aliphatic heterocycles. The van der Waals surface area contributed by atoms with Crippen LogP contribution in [0.1, 0.15) is 139 Å². The lowest BCUT2D eigenvalue weighted by atomic mass is 9.68. The number of piperidine rings is 1. The van der Waals surface area contributed by atoms with Crippen molar-refractivity contribution in [1.29, 1.82) is 0 Å². The van der Waals surface area contributed by atoms with Crippen molar-refractivity contribution in [3.05, 3.63) is 59.2 Å². The van der Waals surface area contributed by atoms with Gasteiger partial charge in [0, 0.05) is 66.1 Å². The van der Waals surface area contributed by atoms with E-state index in [9.17, 15) is 19.2 Å². The summed E-state index contributed by atoms with van der Waals surface area (Å²) < 4.78 is 48.7. The van der Waals surface area contributed by atoms with Gasteiger partial charge < -0.3 is 63.2 Å². The van der Waals surface area contributed by atoms with Crippen molar-refractivity contribution in [3.8, 4) is 0 Å². The van der Waals surface area contributed by atoms with Gasteiger partial charge in [-0.25, -0.2) is 9.59 Å². The maximum atomic E-state index is 13.6. The molecule has 7 saturated heterocycles. The SMILES string of the molecule is CO[C@@H]1[C@H](OC(=O)N[C@@H](C(=O)N2CCC(N3CCCC3)CC2)C(C)C)CC[C@]2(CO2)[C@H]1[C@@]1(C)O[C@@H]1CC=C(C)C.CO[C@@H]1[C@H](OC(=O)N[C@@H](C(=O)N2CCN(Cc3ccccc3)CC2)C(C)C)CC[C@]2(CO2)[C@H]1[C@@]1(C)O[C@@H]1CC=C(C)C. The average Bonchev–Trinajstić information content (AvgIpc) is 2.67. The Hall–Kier alpha value is -4.14. The predicted molar refractivity (Wildman–Crippen MR) is 312 cm³/mol. The van der Waals surface area contributed by atoms with Crippen LogP contribution in [0.15, 0.2) is 53.6 Å². The predicted octanol–water partition coefficient (Wildman–Crippen LogP) is 8.06. The van der Waals surface area contributed by atoms with Crippen LogP contribution in [-0.4, -0.2) is 201 Å². The number of hydrogen-bond acceptors (Lipinski definition) is 14. The van der Waals surface area contributed by atoms with E-state index in [2.05, 4.69) is 98.4 Å². The summed E-state index contributed by atoms with van der Waals surface area (Å²) in [5.41, 5.74) is 2.45. The molecular formula is C64H100N6O12. The molecule has 0 unspecified atom stereocenters. The second kappa shape index (κ2) is 26.2. The molecule has 10 rings (SSSR count). The van der Waals surface area contributed by atoms with Crippen LogP contribution in [-0.2, 0) is 54.0 Å². The van der Waals surface area contributed by atoms with Crippen LogP contribution in [0.4, 0.5) is 9.59 Å². The number of benzene rings is 1. The van der Waals surface area contributed by atoms with Crippen LogP contribution in [0.5, 0.6) is 0 Å². The number of nitrogens with zero attached hydrogens (tertiary/aromatic N) is 4.